The fourth-order valence-corrected chi connectivity index (χ4v) is 19.5. The summed E-state index contributed by atoms with van der Waals surface area (Å²) in [6.07, 6.45) is 2.08. The summed E-state index contributed by atoms with van der Waals surface area (Å²) >= 11 is 7.69. The molecular weight excluding hydrogens is 1930 g/mol. The standard InChI is InChI=1S/C25H23FN4O.C23H25FN4O3.C22H23FN4O2.C22H23FN4OS.C21H20ClFN4O/c1-18-16-24(30(27-18)21-9-5-8-20(26)17-21)25(31)29-14-12-28(13-15-29)23-11-4-7-19-6-2-3-10-22(19)23;1-16-13-21(28(25-16)18-6-4-5-17(24)14-18)23(29)27-11-9-26(10-12-27)20-8-7-19(30-2)15-22(20)31-3;1-16-14-21(27(24-16)19-5-3-4-17(23)15-19)22(28)26-12-10-25(11-13-26)18-6-8-20(29-2)9-7-18;1-16-14-20(27(24-16)18-7-5-6-17(23)15-18)22(28)26-12-10-25(11-13-26)19-8-3-4-9-21(19)29-2;1-15-13-20(27(24-15)19-4-2-3-17(23)14-19)21(28)26-11-9-25(10-12-26)18-7-5-16(22)6-8-18/h2-11,16-17H,12-15H2,1H3;4-8,13-15H,9-12H2,1-3H3;2*3-9,14-15H,10-13H2,1-2H3;2-8,13-14H,9-12H2,1H3. The number of aromatic nitrogens is 10. The number of anilines is 5. The van der Waals surface area contributed by atoms with Gasteiger partial charge >= 0.3 is 0 Å². The number of benzene rings is 11. The molecule has 5 saturated heterocycles. The van der Waals surface area contributed by atoms with E-state index in [0.717, 1.165) is 104 Å². The minimum absolute atomic E-state index is 0.0762. The number of para-hydroxylation sites is 1. The molecule has 16 aromatic rings. The monoisotopic (exact) mass is 2040 g/mol. The van der Waals surface area contributed by atoms with Gasteiger partial charge in [-0.2, -0.15) is 25.5 Å². The van der Waals surface area contributed by atoms with Gasteiger partial charge in [0, 0.05) is 169 Å². The number of rotatable bonds is 19. The van der Waals surface area contributed by atoms with Crippen molar-refractivity contribution in [2.24, 2.45) is 0 Å². The van der Waals surface area contributed by atoms with Gasteiger partial charge in [-0.1, -0.05) is 90.5 Å². The van der Waals surface area contributed by atoms with Crippen LogP contribution in [0.25, 0.3) is 39.2 Å². The zero-order chi connectivity index (χ0) is 104. The maximum absolute atomic E-state index is 13.7. The smallest absolute Gasteiger partial charge is 0.272 e. The third-order valence-electron chi connectivity index (χ3n) is 26.2. The molecule has 5 fully saturated rings. The van der Waals surface area contributed by atoms with Crippen LogP contribution in [-0.4, -0.2) is 261 Å². The van der Waals surface area contributed by atoms with E-state index in [1.165, 1.54) is 111 Å². The first-order valence-corrected chi connectivity index (χ1v) is 50.4. The molecule has 762 valence electrons. The molecule has 5 amide bonds. The van der Waals surface area contributed by atoms with Crippen molar-refractivity contribution >= 4 is 92.1 Å². The highest BCUT2D eigenvalue weighted by Gasteiger charge is 2.34. The van der Waals surface area contributed by atoms with Crippen molar-refractivity contribution in [3.63, 3.8) is 0 Å². The normalized spacial score (nSPS) is 14.2. The van der Waals surface area contributed by atoms with Crippen LogP contribution in [-0.2, 0) is 0 Å². The minimum atomic E-state index is -0.369. The molecule has 0 saturated carbocycles. The van der Waals surface area contributed by atoms with Crippen molar-refractivity contribution in [1.82, 2.24) is 73.4 Å². The van der Waals surface area contributed by atoms with E-state index >= 15 is 0 Å². The maximum Gasteiger partial charge on any atom is 0.272 e. The number of halogens is 6. The van der Waals surface area contributed by atoms with Crippen LogP contribution in [0, 0.1) is 63.7 Å². The van der Waals surface area contributed by atoms with Crippen LogP contribution in [0.4, 0.5) is 50.4 Å². The van der Waals surface area contributed by atoms with E-state index in [2.05, 4.69) is 105 Å². The molecule has 5 aromatic heterocycles. The predicted octanol–water partition coefficient (Wildman–Crippen LogP) is 19.0. The number of ether oxygens (including phenoxy) is 3. The Labute approximate surface area is 864 Å². The molecular formula is C113H114ClF5N20O8S. The topological polar surface area (TPSA) is 235 Å². The van der Waals surface area contributed by atoms with Crippen molar-refractivity contribution in [3.05, 3.63) is 376 Å². The molecule has 28 nitrogen and oxygen atoms in total. The second-order valence-electron chi connectivity index (χ2n) is 36.1. The summed E-state index contributed by atoms with van der Waals surface area (Å²) in [7, 11) is 4.90. The number of thioether (sulfide) groups is 1. The Balaban J connectivity index is 0.000000126. The van der Waals surface area contributed by atoms with Crippen molar-refractivity contribution in [3.8, 4) is 45.7 Å². The second-order valence-corrected chi connectivity index (χ2v) is 37.4. The van der Waals surface area contributed by atoms with Gasteiger partial charge in [0.15, 0.2) is 0 Å². The largest absolute Gasteiger partial charge is 0.497 e. The lowest BCUT2D eigenvalue weighted by Gasteiger charge is -2.36. The number of methoxy groups -OCH3 is 3. The molecule has 10 heterocycles. The van der Waals surface area contributed by atoms with Crippen LogP contribution in [0.5, 0.6) is 17.2 Å². The maximum atomic E-state index is 13.7. The Bertz CT molecular complexity index is 7380. The summed E-state index contributed by atoms with van der Waals surface area (Å²) in [5.41, 5.74) is 14.1. The number of amides is 5. The summed E-state index contributed by atoms with van der Waals surface area (Å²) in [4.78, 5) is 87.8. The summed E-state index contributed by atoms with van der Waals surface area (Å²) in [6, 6.07) is 83.8. The average Bonchev–Trinajstić information content (AvgIpc) is 1.77. The molecule has 0 N–H and O–H groups in total. The van der Waals surface area contributed by atoms with Gasteiger partial charge in [0.2, 0.25) is 0 Å². The quantitative estimate of drug-likeness (QED) is 0.0540. The lowest BCUT2D eigenvalue weighted by atomic mass is 10.1. The number of fused-ring (bicyclic) bond motifs is 1. The second kappa shape index (κ2) is 47.3. The zero-order valence-corrected chi connectivity index (χ0v) is 85.2. The SMILES string of the molecule is COc1ccc(N2CCN(C(=O)c3cc(C)nn3-c3cccc(F)c3)CC2)c(OC)c1.COc1ccc(N2CCN(C(=O)c3cc(C)nn3-c3cccc(F)c3)CC2)cc1.CSc1ccccc1N1CCN(C(=O)c2cc(C)nn2-c2cccc(F)c2)CC1.Cc1cc(C(=O)N2CCN(c3ccc(Cl)cc3)CC2)n(-c2cccc(F)c2)n1.Cc1cc(C(=O)N2CCN(c3cccc4ccccc34)CC2)n(-c2cccc(F)c2)n1. The van der Waals surface area contributed by atoms with E-state index in [-0.39, 0.29) is 58.6 Å². The molecule has 0 bridgehead atoms. The van der Waals surface area contributed by atoms with E-state index in [9.17, 15) is 45.9 Å². The molecule has 148 heavy (non-hydrogen) atoms. The minimum Gasteiger partial charge on any atom is -0.497 e. The van der Waals surface area contributed by atoms with Gasteiger partial charge in [0.1, 0.15) is 74.8 Å². The molecule has 0 atom stereocenters. The van der Waals surface area contributed by atoms with Crippen LogP contribution in [0.2, 0.25) is 5.02 Å². The Kier molecular flexibility index (Phi) is 33.0. The summed E-state index contributed by atoms with van der Waals surface area (Å²) in [5.74, 6) is 0.0285. The molecule has 0 radical (unpaired) electrons. The van der Waals surface area contributed by atoms with E-state index < -0.39 is 0 Å². The number of hydrogen-bond donors (Lipinski definition) is 0. The Morgan fingerprint density at radius 3 is 0.872 bits per heavy atom. The molecule has 5 aliphatic heterocycles. The van der Waals surface area contributed by atoms with E-state index in [4.69, 9.17) is 25.8 Å². The van der Waals surface area contributed by atoms with Crippen molar-refractivity contribution < 1.29 is 60.1 Å². The average molecular weight is 2040 g/mol. The number of carbonyl (C=O) groups is 5. The first-order chi connectivity index (χ1) is 71.7. The van der Waals surface area contributed by atoms with Gasteiger partial charge < -0.3 is 63.2 Å². The number of piperazine rings is 5. The predicted molar refractivity (Wildman–Crippen MR) is 568 cm³/mol. The highest BCUT2D eigenvalue weighted by molar-refractivity contribution is 7.98. The highest BCUT2D eigenvalue weighted by atomic mass is 35.5. The number of carbonyl (C=O) groups excluding carboxylic acids is 5. The molecule has 0 unspecified atom stereocenters. The fraction of sp³-hybridized carbons (Fsp3) is 0.257. The Hall–Kier alpha value is -16.2. The molecule has 35 heteroatoms. The van der Waals surface area contributed by atoms with Gasteiger partial charge in [-0.25, -0.2) is 45.4 Å². The van der Waals surface area contributed by atoms with Crippen molar-refractivity contribution in [2.75, 3.05) is 183 Å². The van der Waals surface area contributed by atoms with E-state index in [0.29, 0.717) is 152 Å². The van der Waals surface area contributed by atoms with E-state index in [1.807, 2.05) is 139 Å². The van der Waals surface area contributed by atoms with Crippen LogP contribution in [0.1, 0.15) is 80.9 Å². The van der Waals surface area contributed by atoms with Gasteiger partial charge in [-0.15, -0.1) is 11.8 Å². The number of nitrogens with zero attached hydrogens (tertiary/aromatic N) is 20. The summed E-state index contributed by atoms with van der Waals surface area (Å²) in [6.45, 7) is 22.6. The summed E-state index contributed by atoms with van der Waals surface area (Å²) in [5, 5.41) is 25.2. The first-order valence-electron chi connectivity index (χ1n) is 48.8. The molecule has 21 rings (SSSR count). The number of aryl methyl sites for hydroxylation is 5. The molecule has 0 spiro atoms. The highest BCUT2D eigenvalue weighted by Crippen LogP contribution is 2.36. The Morgan fingerprint density at radius 1 is 0.270 bits per heavy atom. The van der Waals surface area contributed by atoms with Crippen LogP contribution in [0.15, 0.2) is 290 Å². The van der Waals surface area contributed by atoms with Crippen molar-refractivity contribution in [1.29, 1.82) is 0 Å². The van der Waals surface area contributed by atoms with Crippen LogP contribution >= 0.6 is 23.4 Å². The van der Waals surface area contributed by atoms with Gasteiger partial charge in [-0.05, 0) is 246 Å². The van der Waals surface area contributed by atoms with Gasteiger partial charge in [-0.3, -0.25) is 24.0 Å². The van der Waals surface area contributed by atoms with Crippen molar-refractivity contribution in [2.45, 2.75) is 39.5 Å². The lowest BCUT2D eigenvalue weighted by molar-refractivity contribution is 0.0730. The third-order valence-corrected chi connectivity index (χ3v) is 27.3. The summed E-state index contributed by atoms with van der Waals surface area (Å²) < 4.78 is 92.0. The van der Waals surface area contributed by atoms with Crippen LogP contribution < -0.4 is 38.7 Å². The zero-order valence-electron chi connectivity index (χ0n) is 83.7. The molecule has 5 aliphatic rings. The fourth-order valence-electron chi connectivity index (χ4n) is 18.7. The van der Waals surface area contributed by atoms with Gasteiger partial charge in [0.25, 0.3) is 29.5 Å². The van der Waals surface area contributed by atoms with Crippen LogP contribution in [0.3, 0.4) is 0 Å². The van der Waals surface area contributed by atoms with E-state index in [1.54, 1.807) is 129 Å². The molecule has 11 aromatic carbocycles. The Morgan fingerprint density at radius 2 is 0.547 bits per heavy atom. The number of hydrogen-bond acceptors (Lipinski definition) is 19. The lowest BCUT2D eigenvalue weighted by Crippen LogP contribution is -2.49. The third kappa shape index (κ3) is 24.4. The van der Waals surface area contributed by atoms with Gasteiger partial charge in [0.05, 0.1) is 89.6 Å². The molecule has 0 aliphatic carbocycles. The first kappa shape index (κ1) is 103.